The molecule has 0 bridgehead atoms. The van der Waals surface area contributed by atoms with Crippen LogP contribution in [-0.2, 0) is 49.6 Å². The Labute approximate surface area is 322 Å². The highest BCUT2D eigenvalue weighted by atomic mass is 35.5. The Morgan fingerprint density at radius 2 is 1.06 bits per heavy atom. The smallest absolute Gasteiger partial charge is 0.440 e. The number of ether oxygens (including phenoxy) is 2. The number of hydrogen-bond donors (Lipinski definition) is 2. The first-order valence-corrected chi connectivity index (χ1v) is 23.2. The first-order valence-electron chi connectivity index (χ1n) is 14.7. The van der Waals surface area contributed by atoms with E-state index in [1.165, 1.54) is 26.0 Å². The number of aryl methyl sites for hydroxylation is 1. The van der Waals surface area contributed by atoms with Crippen molar-refractivity contribution in [3.8, 4) is 11.5 Å². The van der Waals surface area contributed by atoms with Crippen LogP contribution in [0, 0.1) is 17.0 Å². The highest BCUT2D eigenvalue weighted by Crippen LogP contribution is 2.31. The summed E-state index contributed by atoms with van der Waals surface area (Å²) in [6, 6.07) is 7.68. The molecule has 2 N–H and O–H groups in total. The molecule has 0 spiro atoms. The molecule has 2 atom stereocenters. The number of nitro benzene ring substituents is 1. The maximum atomic E-state index is 12.4. The van der Waals surface area contributed by atoms with E-state index < -0.39 is 93.9 Å². The van der Waals surface area contributed by atoms with E-state index in [4.69, 9.17) is 32.7 Å². The minimum Gasteiger partial charge on any atom is -0.508 e. The van der Waals surface area contributed by atoms with Gasteiger partial charge >= 0.3 is 17.9 Å². The van der Waals surface area contributed by atoms with Crippen LogP contribution in [0.1, 0.15) is 42.7 Å². The van der Waals surface area contributed by atoms with Crippen LogP contribution in [0.4, 0.5) is 15.3 Å². The fraction of sp³-hybridized carbons (Fsp3) is 0.481. The highest BCUT2D eigenvalue weighted by molar-refractivity contribution is 7.92. The zero-order chi connectivity index (χ0) is 42.1. The standard InChI is InChI=1S/C14H21ClN2O7S2.C13H18ClN3O9S2/c1-10-5-6-12(9-13(10)18)11(2)24-14(19)17(26(4,22)23)16(8-7-15)25(3,20)21;1-9(10-4-5-11(17(20)21)12(18)8-10)26-13(19)16(28(3,24)25)15(7-6-14)27(2,22)23/h5-6,9,11,18H,7-8H2,1-4H3;4-5,8-9,18H,6-7H2,1-3H3. The number of phenolic OH excluding ortho intramolecular Hbond substituents is 2. The fourth-order valence-electron chi connectivity index (χ4n) is 4.07. The monoisotopic (exact) mass is 887 g/mol. The molecule has 21 nitrogen and oxygen atoms in total. The van der Waals surface area contributed by atoms with Crippen molar-refractivity contribution in [1.82, 2.24) is 17.7 Å². The molecular weight excluding hydrogens is 849 g/mol. The zero-order valence-electron chi connectivity index (χ0n) is 29.7. The predicted molar refractivity (Wildman–Crippen MR) is 195 cm³/mol. The molecule has 27 heteroatoms. The Bertz CT molecular complexity index is 2140. The fourth-order valence-corrected chi connectivity index (χ4v) is 9.01. The minimum atomic E-state index is -4.41. The Kier molecular flexibility index (Phi) is 17.2. The molecule has 0 heterocycles. The van der Waals surface area contributed by atoms with Gasteiger partial charge in [0.15, 0.2) is 5.75 Å². The number of alkyl halides is 2. The molecule has 0 aliphatic rings. The normalized spacial score (nSPS) is 13.3. The number of rotatable bonds is 15. The Hall–Kier alpha value is -3.72. The van der Waals surface area contributed by atoms with E-state index in [1.807, 2.05) is 0 Å². The van der Waals surface area contributed by atoms with Crippen LogP contribution in [0.3, 0.4) is 0 Å². The largest absolute Gasteiger partial charge is 0.508 e. The lowest BCUT2D eigenvalue weighted by Crippen LogP contribution is -2.52. The average molecular weight is 889 g/mol. The first-order chi connectivity index (χ1) is 24.5. The zero-order valence-corrected chi connectivity index (χ0v) is 34.5. The number of hydrogen-bond acceptors (Lipinski definition) is 16. The lowest BCUT2D eigenvalue weighted by molar-refractivity contribution is -0.385. The molecule has 0 aromatic heterocycles. The summed E-state index contributed by atoms with van der Waals surface area (Å²) in [5.74, 6) is -1.26. The molecule has 0 saturated carbocycles. The maximum absolute atomic E-state index is 12.4. The van der Waals surface area contributed by atoms with Gasteiger partial charge in [0, 0.05) is 30.9 Å². The predicted octanol–water partition coefficient (Wildman–Crippen LogP) is 2.75. The van der Waals surface area contributed by atoms with Crippen LogP contribution in [-0.4, -0.2) is 129 Å². The summed E-state index contributed by atoms with van der Waals surface area (Å²) < 4.78 is 106. The number of nitrogens with zero attached hydrogens (tertiary/aromatic N) is 5. The molecule has 54 heavy (non-hydrogen) atoms. The lowest BCUT2D eigenvalue weighted by Gasteiger charge is -2.30. The Morgan fingerprint density at radius 1 is 0.704 bits per heavy atom. The number of carbonyl (C=O) groups excluding carboxylic acids is 2. The number of aromatic hydroxyl groups is 2. The van der Waals surface area contributed by atoms with Gasteiger partial charge in [-0.2, -0.15) is 0 Å². The van der Waals surface area contributed by atoms with E-state index in [0.717, 1.165) is 18.4 Å². The summed E-state index contributed by atoms with van der Waals surface area (Å²) in [6.45, 7) is 3.47. The van der Waals surface area contributed by atoms with Gasteiger partial charge in [0.05, 0.1) is 29.9 Å². The summed E-state index contributed by atoms with van der Waals surface area (Å²) in [5.41, 5.74) is 0.534. The summed E-state index contributed by atoms with van der Waals surface area (Å²) in [7, 11) is -17.0. The van der Waals surface area contributed by atoms with E-state index in [2.05, 4.69) is 0 Å². The van der Waals surface area contributed by atoms with Gasteiger partial charge in [-0.3, -0.25) is 10.1 Å². The van der Waals surface area contributed by atoms with E-state index in [1.54, 1.807) is 19.1 Å². The molecular formula is C27H39Cl2N5O16S4. The molecule has 2 rings (SSSR count). The quantitative estimate of drug-likeness (QED) is 0.148. The number of sulfonamides is 4. The number of nitro groups is 1. The Morgan fingerprint density at radius 3 is 1.33 bits per heavy atom. The summed E-state index contributed by atoms with van der Waals surface area (Å²) in [4.78, 5) is 34.7. The molecule has 2 aromatic carbocycles. The van der Waals surface area contributed by atoms with Crippen molar-refractivity contribution in [2.24, 2.45) is 0 Å². The van der Waals surface area contributed by atoms with E-state index >= 15 is 0 Å². The number of benzene rings is 2. The first kappa shape index (κ1) is 48.3. The second-order valence-corrected chi connectivity index (χ2v) is 19.3. The number of phenols is 2. The topological polar surface area (TPSA) is 286 Å². The van der Waals surface area contributed by atoms with Gasteiger partial charge in [0.2, 0.25) is 20.0 Å². The Balaban J connectivity index is 0.000000541. The van der Waals surface area contributed by atoms with Crippen LogP contribution < -0.4 is 0 Å². The second-order valence-electron chi connectivity index (χ2n) is 11.1. The van der Waals surface area contributed by atoms with Gasteiger partial charge in [0.1, 0.15) is 18.0 Å². The molecule has 2 amide bonds. The summed E-state index contributed by atoms with van der Waals surface area (Å²) in [5, 5.41) is 30.1. The van der Waals surface area contributed by atoms with Crippen LogP contribution >= 0.6 is 23.2 Å². The van der Waals surface area contributed by atoms with Crippen LogP contribution in [0.15, 0.2) is 36.4 Å². The lowest BCUT2D eigenvalue weighted by atomic mass is 10.1. The third-order valence-electron chi connectivity index (χ3n) is 6.59. The average Bonchev–Trinajstić information content (AvgIpc) is 2.99. The van der Waals surface area contributed by atoms with E-state index in [-0.39, 0.29) is 36.3 Å². The number of amides is 2. The van der Waals surface area contributed by atoms with Gasteiger partial charge < -0.3 is 19.7 Å². The van der Waals surface area contributed by atoms with Crippen molar-refractivity contribution in [3.63, 3.8) is 0 Å². The van der Waals surface area contributed by atoms with Crippen molar-refractivity contribution in [2.75, 3.05) is 49.9 Å². The SMILES string of the molecule is CC(OC(=O)N(N(CCCl)S(C)(=O)=O)S(C)(=O)=O)c1ccc([N+](=O)[O-])c(O)c1.Cc1ccc(C(C)OC(=O)N(N(CCCl)S(C)(=O)=O)S(C)(=O)=O)cc1O. The number of carbonyl (C=O) groups is 2. The second kappa shape index (κ2) is 19.2. The molecule has 0 radical (unpaired) electrons. The van der Waals surface area contributed by atoms with Crippen LogP contribution in [0.2, 0.25) is 0 Å². The number of hydrazine groups is 2. The van der Waals surface area contributed by atoms with Gasteiger partial charge in [-0.25, -0.2) is 43.3 Å². The molecule has 2 unspecified atom stereocenters. The minimum absolute atomic E-state index is 0.0229. The summed E-state index contributed by atoms with van der Waals surface area (Å²) in [6.07, 6.45) is -2.38. The van der Waals surface area contributed by atoms with Crippen LogP contribution in [0.5, 0.6) is 11.5 Å². The number of halogens is 2. The van der Waals surface area contributed by atoms with Crippen molar-refractivity contribution in [3.05, 3.63) is 63.2 Å². The molecule has 0 aliphatic carbocycles. The molecule has 0 fully saturated rings. The molecule has 306 valence electrons. The molecule has 2 aromatic rings. The third-order valence-corrected chi connectivity index (χ3v) is 11.3. The van der Waals surface area contributed by atoms with E-state index in [0.29, 0.717) is 34.3 Å². The van der Waals surface area contributed by atoms with Gasteiger partial charge in [-0.05, 0) is 55.7 Å². The molecule has 0 aliphatic heterocycles. The van der Waals surface area contributed by atoms with Gasteiger partial charge in [-0.15, -0.1) is 32.0 Å². The van der Waals surface area contributed by atoms with Gasteiger partial charge in [0.25, 0.3) is 20.0 Å². The van der Waals surface area contributed by atoms with Crippen LogP contribution in [0.25, 0.3) is 0 Å². The van der Waals surface area contributed by atoms with Crippen molar-refractivity contribution < 1.29 is 67.9 Å². The maximum Gasteiger partial charge on any atom is 0.440 e. The van der Waals surface area contributed by atoms with Crippen molar-refractivity contribution in [2.45, 2.75) is 33.0 Å². The van der Waals surface area contributed by atoms with Crippen molar-refractivity contribution in [1.29, 1.82) is 0 Å². The van der Waals surface area contributed by atoms with Gasteiger partial charge in [-0.1, -0.05) is 21.0 Å². The molecule has 0 saturated heterocycles. The third kappa shape index (κ3) is 13.8. The van der Waals surface area contributed by atoms with E-state index in [9.17, 15) is 63.6 Å². The van der Waals surface area contributed by atoms with Crippen molar-refractivity contribution >= 4 is 81.2 Å². The highest BCUT2D eigenvalue weighted by Gasteiger charge is 2.39. The summed E-state index contributed by atoms with van der Waals surface area (Å²) >= 11 is 11.0.